The molecule has 1 heterocycles. The van der Waals surface area contributed by atoms with E-state index >= 15 is 0 Å². The molecule has 0 saturated carbocycles. The summed E-state index contributed by atoms with van der Waals surface area (Å²) in [5.41, 5.74) is 5.15. The second-order valence-corrected chi connectivity index (χ2v) is 5.11. The molecule has 1 unspecified atom stereocenters. The highest BCUT2D eigenvalue weighted by molar-refractivity contribution is 7.89. The fourth-order valence-corrected chi connectivity index (χ4v) is 2.16. The minimum absolute atomic E-state index is 0.000573. The number of nitrogens with two attached hydrogens (primary N) is 1. The molecule has 5 nitrogen and oxygen atoms in total. The van der Waals surface area contributed by atoms with Gasteiger partial charge in [0.15, 0.2) is 0 Å². The maximum Gasteiger partial charge on any atom is 0.212 e. The Hall–Kier alpha value is -0.170. The standard InChI is InChI=1S/C7H16N2O3S/c8-2-4-13(10,11)9-5-7-1-3-12-6-7/h7,9H,1-6,8H2. The van der Waals surface area contributed by atoms with E-state index in [0.717, 1.165) is 13.0 Å². The Bertz CT molecular complexity index is 234. The maximum atomic E-state index is 11.2. The fourth-order valence-electron chi connectivity index (χ4n) is 1.22. The lowest BCUT2D eigenvalue weighted by Gasteiger charge is -2.08. The first-order chi connectivity index (χ1) is 6.14. The van der Waals surface area contributed by atoms with Gasteiger partial charge in [0.2, 0.25) is 10.0 Å². The zero-order chi connectivity index (χ0) is 9.73. The largest absolute Gasteiger partial charge is 0.381 e. The molecular weight excluding hydrogens is 192 g/mol. The van der Waals surface area contributed by atoms with Gasteiger partial charge < -0.3 is 10.5 Å². The molecule has 0 aromatic carbocycles. The van der Waals surface area contributed by atoms with Gasteiger partial charge in [-0.1, -0.05) is 0 Å². The van der Waals surface area contributed by atoms with Crippen molar-refractivity contribution in [2.24, 2.45) is 11.7 Å². The van der Waals surface area contributed by atoms with Gasteiger partial charge in [-0.05, 0) is 12.3 Å². The van der Waals surface area contributed by atoms with Crippen LogP contribution in [0.15, 0.2) is 0 Å². The van der Waals surface area contributed by atoms with Gasteiger partial charge in [0.1, 0.15) is 0 Å². The van der Waals surface area contributed by atoms with Crippen LogP contribution in [0.1, 0.15) is 6.42 Å². The van der Waals surface area contributed by atoms with E-state index in [0.29, 0.717) is 19.1 Å². The third-order valence-electron chi connectivity index (χ3n) is 2.00. The summed E-state index contributed by atoms with van der Waals surface area (Å²) in [7, 11) is -3.15. The van der Waals surface area contributed by atoms with Gasteiger partial charge in [0.05, 0.1) is 12.4 Å². The molecule has 1 fully saturated rings. The molecule has 1 atom stereocenters. The van der Waals surface area contributed by atoms with Gasteiger partial charge in [0, 0.05) is 19.7 Å². The van der Waals surface area contributed by atoms with E-state index in [-0.39, 0.29) is 12.3 Å². The quantitative estimate of drug-likeness (QED) is 0.601. The molecule has 1 aliphatic heterocycles. The molecule has 0 aromatic heterocycles. The average Bonchev–Trinajstić information content (AvgIpc) is 2.52. The summed E-state index contributed by atoms with van der Waals surface area (Å²) < 4.78 is 29.9. The normalized spacial score (nSPS) is 23.6. The zero-order valence-corrected chi connectivity index (χ0v) is 8.35. The molecule has 3 N–H and O–H groups in total. The highest BCUT2D eigenvalue weighted by atomic mass is 32.2. The highest BCUT2D eigenvalue weighted by Crippen LogP contribution is 2.10. The molecule has 1 saturated heterocycles. The summed E-state index contributed by atoms with van der Waals surface area (Å²) in [6.45, 7) is 2.03. The van der Waals surface area contributed by atoms with Crippen molar-refractivity contribution in [3.63, 3.8) is 0 Å². The minimum Gasteiger partial charge on any atom is -0.381 e. The number of ether oxygens (including phenoxy) is 1. The van der Waals surface area contributed by atoms with Crippen molar-refractivity contribution in [2.75, 3.05) is 32.1 Å². The van der Waals surface area contributed by atoms with Crippen molar-refractivity contribution in [3.8, 4) is 0 Å². The molecule has 0 bridgehead atoms. The third kappa shape index (κ3) is 4.04. The first-order valence-electron chi connectivity index (χ1n) is 4.39. The van der Waals surface area contributed by atoms with Crippen LogP contribution in [0.4, 0.5) is 0 Å². The Balaban J connectivity index is 2.24. The van der Waals surface area contributed by atoms with E-state index in [2.05, 4.69) is 4.72 Å². The molecule has 0 spiro atoms. The van der Waals surface area contributed by atoms with Gasteiger partial charge in [-0.15, -0.1) is 0 Å². The lowest BCUT2D eigenvalue weighted by atomic mass is 10.1. The number of hydrogen-bond donors (Lipinski definition) is 2. The summed E-state index contributed by atoms with van der Waals surface area (Å²) in [6.07, 6.45) is 0.936. The second-order valence-electron chi connectivity index (χ2n) is 3.19. The Morgan fingerprint density at radius 3 is 2.85 bits per heavy atom. The topological polar surface area (TPSA) is 81.4 Å². The second kappa shape index (κ2) is 4.90. The monoisotopic (exact) mass is 208 g/mol. The first kappa shape index (κ1) is 10.9. The van der Waals surface area contributed by atoms with Crippen LogP contribution in [0.25, 0.3) is 0 Å². The average molecular weight is 208 g/mol. The lowest BCUT2D eigenvalue weighted by Crippen LogP contribution is -2.33. The van der Waals surface area contributed by atoms with Gasteiger partial charge in [-0.2, -0.15) is 0 Å². The molecular formula is C7H16N2O3S. The van der Waals surface area contributed by atoms with Crippen molar-refractivity contribution in [1.29, 1.82) is 0 Å². The molecule has 13 heavy (non-hydrogen) atoms. The predicted molar refractivity (Wildman–Crippen MR) is 49.8 cm³/mol. The van der Waals surface area contributed by atoms with E-state index in [4.69, 9.17) is 10.5 Å². The van der Waals surface area contributed by atoms with Gasteiger partial charge in [-0.3, -0.25) is 0 Å². The van der Waals surface area contributed by atoms with Gasteiger partial charge in [0.25, 0.3) is 0 Å². The summed E-state index contributed by atoms with van der Waals surface area (Å²) in [5.74, 6) is 0.327. The van der Waals surface area contributed by atoms with Crippen LogP contribution >= 0.6 is 0 Å². The zero-order valence-electron chi connectivity index (χ0n) is 7.53. The summed E-state index contributed by atoms with van der Waals surface area (Å²) in [6, 6.07) is 0. The van der Waals surface area contributed by atoms with Crippen molar-refractivity contribution in [2.45, 2.75) is 6.42 Å². The third-order valence-corrected chi connectivity index (χ3v) is 3.38. The van der Waals surface area contributed by atoms with Crippen molar-refractivity contribution in [3.05, 3.63) is 0 Å². The van der Waals surface area contributed by atoms with Crippen LogP contribution in [0, 0.1) is 5.92 Å². The molecule has 1 aliphatic rings. The Kier molecular flexibility index (Phi) is 4.11. The number of hydrogen-bond acceptors (Lipinski definition) is 4. The van der Waals surface area contributed by atoms with E-state index in [1.807, 2.05) is 0 Å². The summed E-state index contributed by atoms with van der Waals surface area (Å²) >= 11 is 0. The molecule has 0 aromatic rings. The van der Waals surface area contributed by atoms with Crippen LogP contribution in [-0.4, -0.2) is 40.5 Å². The van der Waals surface area contributed by atoms with E-state index in [1.54, 1.807) is 0 Å². The van der Waals surface area contributed by atoms with Crippen LogP contribution in [-0.2, 0) is 14.8 Å². The molecule has 0 amide bonds. The molecule has 0 radical (unpaired) electrons. The molecule has 0 aliphatic carbocycles. The SMILES string of the molecule is NCCS(=O)(=O)NCC1CCOC1. The number of nitrogens with one attached hydrogen (secondary N) is 1. The smallest absolute Gasteiger partial charge is 0.212 e. The molecule has 6 heteroatoms. The van der Waals surface area contributed by atoms with Gasteiger partial charge in [-0.25, -0.2) is 13.1 Å². The summed E-state index contributed by atoms with van der Waals surface area (Å²) in [4.78, 5) is 0. The van der Waals surface area contributed by atoms with Crippen LogP contribution in [0.2, 0.25) is 0 Å². The number of sulfonamides is 1. The Morgan fingerprint density at radius 2 is 2.31 bits per heavy atom. The first-order valence-corrected chi connectivity index (χ1v) is 6.04. The molecule has 1 rings (SSSR count). The van der Waals surface area contributed by atoms with Crippen LogP contribution in [0.3, 0.4) is 0 Å². The lowest BCUT2D eigenvalue weighted by molar-refractivity contribution is 0.186. The van der Waals surface area contributed by atoms with Crippen LogP contribution < -0.4 is 10.5 Å². The van der Waals surface area contributed by atoms with Crippen LogP contribution in [0.5, 0.6) is 0 Å². The van der Waals surface area contributed by atoms with Gasteiger partial charge >= 0.3 is 0 Å². The van der Waals surface area contributed by atoms with E-state index < -0.39 is 10.0 Å². The van der Waals surface area contributed by atoms with Crippen molar-refractivity contribution >= 4 is 10.0 Å². The fraction of sp³-hybridized carbons (Fsp3) is 1.00. The van der Waals surface area contributed by atoms with Crippen molar-refractivity contribution < 1.29 is 13.2 Å². The Morgan fingerprint density at radius 1 is 1.54 bits per heavy atom. The molecule has 78 valence electrons. The van der Waals surface area contributed by atoms with E-state index in [9.17, 15) is 8.42 Å². The van der Waals surface area contributed by atoms with E-state index in [1.165, 1.54) is 0 Å². The summed E-state index contributed by atoms with van der Waals surface area (Å²) in [5, 5.41) is 0. The Labute approximate surface area is 78.7 Å². The predicted octanol–water partition coefficient (Wildman–Crippen LogP) is -1.10. The minimum atomic E-state index is -3.15. The number of rotatable bonds is 5. The highest BCUT2D eigenvalue weighted by Gasteiger charge is 2.18. The maximum absolute atomic E-state index is 11.2. The van der Waals surface area contributed by atoms with Crippen molar-refractivity contribution in [1.82, 2.24) is 4.72 Å².